The molecule has 7 nitrogen and oxygen atoms in total. The predicted molar refractivity (Wildman–Crippen MR) is 99.0 cm³/mol. The van der Waals surface area contributed by atoms with Crippen LogP contribution in [0.2, 0.25) is 0 Å². The number of carbonyl (C=O) groups is 1. The van der Waals surface area contributed by atoms with Gasteiger partial charge in [0.1, 0.15) is 16.5 Å². The fourth-order valence-corrected chi connectivity index (χ4v) is 3.28. The first-order chi connectivity index (χ1) is 12.4. The normalized spacial score (nSPS) is 12.4. The lowest BCUT2D eigenvalue weighted by molar-refractivity contribution is 0.0634. The minimum absolute atomic E-state index is 0.0816. The second-order valence-electron chi connectivity index (χ2n) is 6.51. The number of thiazole rings is 1. The Morgan fingerprint density at radius 3 is 2.73 bits per heavy atom. The minimum atomic E-state index is -0.650. The van der Waals surface area contributed by atoms with Gasteiger partial charge in [0, 0.05) is 6.20 Å². The van der Waals surface area contributed by atoms with Crippen molar-refractivity contribution in [1.82, 2.24) is 15.0 Å². The Balaban J connectivity index is 1.85. The summed E-state index contributed by atoms with van der Waals surface area (Å²) in [6.07, 6.45) is 0.843. The molecule has 132 valence electrons. The van der Waals surface area contributed by atoms with Crippen molar-refractivity contribution in [3.63, 3.8) is 0 Å². The fourth-order valence-electron chi connectivity index (χ4n) is 2.25. The third-order valence-electron chi connectivity index (χ3n) is 3.27. The maximum absolute atomic E-state index is 11.9. The maximum atomic E-state index is 11.9. The molecule has 0 fully saturated rings. The Morgan fingerprint density at radius 1 is 1.27 bits per heavy atom. The zero-order valence-electron chi connectivity index (χ0n) is 14.6. The zero-order valence-corrected chi connectivity index (χ0v) is 15.4. The molecule has 1 N–H and O–H groups in total. The van der Waals surface area contributed by atoms with Crippen molar-refractivity contribution in [2.75, 3.05) is 5.32 Å². The summed E-state index contributed by atoms with van der Waals surface area (Å²) in [6, 6.07) is 11.6. The summed E-state index contributed by atoms with van der Waals surface area (Å²) in [4.78, 5) is 24.7. The molecule has 0 spiro atoms. The van der Waals surface area contributed by atoms with Crippen molar-refractivity contribution >= 4 is 33.6 Å². The van der Waals surface area contributed by atoms with Gasteiger partial charge in [-0.2, -0.15) is 5.26 Å². The van der Waals surface area contributed by atoms with Crippen molar-refractivity contribution in [1.29, 1.82) is 5.26 Å². The van der Waals surface area contributed by atoms with Crippen LogP contribution in [-0.4, -0.2) is 26.6 Å². The lowest BCUT2D eigenvalue weighted by atomic mass is 10.1. The number of nitrogens with one attached hydrogen (secondary N) is 1. The predicted octanol–water partition coefficient (Wildman–Crippen LogP) is 4.09. The van der Waals surface area contributed by atoms with E-state index in [4.69, 9.17) is 4.74 Å². The van der Waals surface area contributed by atoms with E-state index in [9.17, 15) is 10.1 Å². The summed E-state index contributed by atoms with van der Waals surface area (Å²) in [5.74, 6) is -0.562. The molecule has 1 unspecified atom stereocenters. The number of hydrogen-bond acceptors (Lipinski definition) is 7. The number of nitriles is 1. The third-order valence-corrected chi connectivity index (χ3v) is 4.37. The molecular weight excluding hydrogens is 350 g/mol. The summed E-state index contributed by atoms with van der Waals surface area (Å²) >= 11 is 1.45. The zero-order chi connectivity index (χ0) is 18.7. The van der Waals surface area contributed by atoms with E-state index in [1.54, 1.807) is 26.8 Å². The van der Waals surface area contributed by atoms with Gasteiger partial charge in [0.25, 0.3) is 0 Å². The number of carbonyl (C=O) groups excluding carboxylic acids is 1. The molecule has 3 aromatic rings. The van der Waals surface area contributed by atoms with Gasteiger partial charge in [-0.3, -0.25) is 5.32 Å². The Morgan fingerprint density at radius 2 is 2.04 bits per heavy atom. The smallest absolute Gasteiger partial charge is 0.414 e. The van der Waals surface area contributed by atoms with Gasteiger partial charge < -0.3 is 4.74 Å². The number of hydrogen-bond donors (Lipinski definition) is 1. The Hall–Kier alpha value is -3.05. The molecule has 0 radical (unpaired) electrons. The van der Waals surface area contributed by atoms with Crippen molar-refractivity contribution in [3.05, 3.63) is 47.2 Å². The molecule has 0 aliphatic rings. The SMILES string of the molecule is CC(C)(C)OC(=O)Nc1nccc(C(C#N)c2nc3ccccc3s2)n1. The van der Waals surface area contributed by atoms with Crippen LogP contribution >= 0.6 is 11.3 Å². The van der Waals surface area contributed by atoms with Crippen LogP contribution in [0, 0.1) is 11.3 Å². The van der Waals surface area contributed by atoms with Gasteiger partial charge in [-0.15, -0.1) is 11.3 Å². The number of aromatic nitrogens is 3. The monoisotopic (exact) mass is 367 g/mol. The molecule has 1 amide bonds. The lowest BCUT2D eigenvalue weighted by Gasteiger charge is -2.19. The van der Waals surface area contributed by atoms with Gasteiger partial charge in [0.2, 0.25) is 5.95 Å². The van der Waals surface area contributed by atoms with Gasteiger partial charge in [-0.25, -0.2) is 19.7 Å². The van der Waals surface area contributed by atoms with Crippen molar-refractivity contribution < 1.29 is 9.53 Å². The quantitative estimate of drug-likeness (QED) is 0.748. The second kappa shape index (κ2) is 7.06. The van der Waals surface area contributed by atoms with E-state index in [1.165, 1.54) is 17.5 Å². The van der Waals surface area contributed by atoms with Gasteiger partial charge >= 0.3 is 6.09 Å². The summed E-state index contributed by atoms with van der Waals surface area (Å²) in [6.45, 7) is 5.30. The number of nitrogens with zero attached hydrogens (tertiary/aromatic N) is 4. The first-order valence-corrected chi connectivity index (χ1v) is 8.75. The fraction of sp³-hybridized carbons (Fsp3) is 0.278. The van der Waals surface area contributed by atoms with E-state index in [2.05, 4.69) is 26.3 Å². The van der Waals surface area contributed by atoms with Crippen LogP contribution in [0.1, 0.15) is 37.4 Å². The summed E-state index contributed by atoms with van der Waals surface area (Å²) in [5, 5.41) is 12.8. The highest BCUT2D eigenvalue weighted by molar-refractivity contribution is 7.18. The van der Waals surface area contributed by atoms with Crippen LogP contribution in [0.3, 0.4) is 0 Å². The number of anilines is 1. The van der Waals surface area contributed by atoms with Crippen LogP contribution in [0.4, 0.5) is 10.7 Å². The van der Waals surface area contributed by atoms with E-state index in [-0.39, 0.29) is 5.95 Å². The molecule has 26 heavy (non-hydrogen) atoms. The molecule has 1 aromatic carbocycles. The van der Waals surface area contributed by atoms with E-state index in [1.807, 2.05) is 24.3 Å². The van der Waals surface area contributed by atoms with E-state index >= 15 is 0 Å². The number of amides is 1. The summed E-state index contributed by atoms with van der Waals surface area (Å²) < 4.78 is 6.19. The molecule has 8 heteroatoms. The molecule has 0 saturated carbocycles. The molecule has 0 aliphatic heterocycles. The molecule has 3 rings (SSSR count). The van der Waals surface area contributed by atoms with Crippen LogP contribution in [-0.2, 0) is 4.74 Å². The number of rotatable bonds is 3. The van der Waals surface area contributed by atoms with Crippen LogP contribution in [0.25, 0.3) is 10.2 Å². The number of para-hydroxylation sites is 1. The highest BCUT2D eigenvalue weighted by Crippen LogP contribution is 2.30. The topological polar surface area (TPSA) is 101 Å². The lowest BCUT2D eigenvalue weighted by Crippen LogP contribution is -2.28. The number of ether oxygens (including phenoxy) is 1. The van der Waals surface area contributed by atoms with Crippen molar-refractivity contribution in [2.24, 2.45) is 0 Å². The van der Waals surface area contributed by atoms with Crippen molar-refractivity contribution in [2.45, 2.75) is 32.3 Å². The van der Waals surface area contributed by atoms with Crippen LogP contribution in [0.15, 0.2) is 36.5 Å². The Kier molecular flexibility index (Phi) is 4.82. The summed E-state index contributed by atoms with van der Waals surface area (Å²) in [7, 11) is 0. The van der Waals surface area contributed by atoms with Gasteiger partial charge in [-0.05, 0) is 39.0 Å². The van der Waals surface area contributed by atoms with Crippen LogP contribution in [0.5, 0.6) is 0 Å². The molecule has 0 aliphatic carbocycles. The molecule has 2 aromatic heterocycles. The third kappa shape index (κ3) is 4.13. The van der Waals surface area contributed by atoms with Gasteiger partial charge in [0.15, 0.2) is 0 Å². The average Bonchev–Trinajstić information content (AvgIpc) is 2.97. The van der Waals surface area contributed by atoms with Crippen LogP contribution < -0.4 is 5.32 Å². The number of fused-ring (bicyclic) bond motifs is 1. The second-order valence-corrected chi connectivity index (χ2v) is 7.58. The Labute approximate surface area is 154 Å². The highest BCUT2D eigenvalue weighted by Gasteiger charge is 2.21. The van der Waals surface area contributed by atoms with E-state index in [0.717, 1.165) is 10.2 Å². The molecule has 0 saturated heterocycles. The maximum Gasteiger partial charge on any atom is 0.414 e. The standard InChI is InChI=1S/C18H17N5O2S/c1-18(2,3)25-17(24)23-16-20-9-8-12(22-16)11(10-19)15-21-13-6-4-5-7-14(13)26-15/h4-9,11H,1-3H3,(H,20,22,23,24). The molecule has 0 bridgehead atoms. The highest BCUT2D eigenvalue weighted by atomic mass is 32.1. The molecule has 1 atom stereocenters. The average molecular weight is 367 g/mol. The van der Waals surface area contributed by atoms with Gasteiger partial charge in [-0.1, -0.05) is 12.1 Å². The van der Waals surface area contributed by atoms with Crippen molar-refractivity contribution in [3.8, 4) is 6.07 Å². The van der Waals surface area contributed by atoms with E-state index < -0.39 is 17.6 Å². The minimum Gasteiger partial charge on any atom is -0.444 e. The Bertz CT molecular complexity index is 954. The van der Waals surface area contributed by atoms with E-state index in [0.29, 0.717) is 10.7 Å². The number of benzene rings is 1. The largest absolute Gasteiger partial charge is 0.444 e. The molecule has 2 heterocycles. The molecular formula is C18H17N5O2S. The first-order valence-electron chi connectivity index (χ1n) is 7.94. The van der Waals surface area contributed by atoms with Gasteiger partial charge in [0.05, 0.1) is 22.0 Å². The first kappa shape index (κ1) is 17.8. The summed E-state index contributed by atoms with van der Waals surface area (Å²) in [5.41, 5.74) is 0.680.